The zero-order chi connectivity index (χ0) is 12.6. The lowest BCUT2D eigenvalue weighted by Crippen LogP contribution is -2.11. The molecular weight excluding hydrogens is 269 g/mol. The molecule has 0 bridgehead atoms. The molecule has 0 aromatic carbocycles. The first-order chi connectivity index (χ1) is 7.88. The van der Waals surface area contributed by atoms with E-state index in [0.29, 0.717) is 11.3 Å². The van der Waals surface area contributed by atoms with Crippen LogP contribution in [0.15, 0.2) is 17.5 Å². The predicted octanol–water partition coefficient (Wildman–Crippen LogP) is 4.19. The molecule has 0 aliphatic rings. The van der Waals surface area contributed by atoms with Gasteiger partial charge >= 0.3 is 6.18 Å². The molecule has 17 heavy (non-hydrogen) atoms. The van der Waals surface area contributed by atoms with Gasteiger partial charge in [0.05, 0.1) is 5.69 Å². The molecule has 7 heteroatoms. The van der Waals surface area contributed by atoms with Gasteiger partial charge in [0.15, 0.2) is 0 Å². The van der Waals surface area contributed by atoms with E-state index >= 15 is 0 Å². The van der Waals surface area contributed by atoms with Crippen molar-refractivity contribution in [3.8, 4) is 11.3 Å². The van der Waals surface area contributed by atoms with Gasteiger partial charge in [-0.25, -0.2) is 4.98 Å². The molecule has 1 N–H and O–H groups in total. The van der Waals surface area contributed by atoms with Gasteiger partial charge in [-0.3, -0.25) is 0 Å². The third kappa shape index (κ3) is 2.55. The Morgan fingerprint density at radius 3 is 2.65 bits per heavy atom. The summed E-state index contributed by atoms with van der Waals surface area (Å²) < 4.78 is 37.6. The minimum Gasteiger partial charge on any atom is -0.335 e. The van der Waals surface area contributed by atoms with Crippen molar-refractivity contribution >= 4 is 23.6 Å². The van der Waals surface area contributed by atoms with E-state index in [0.717, 1.165) is 4.88 Å². The van der Waals surface area contributed by atoms with Crippen LogP contribution in [0.2, 0.25) is 0 Å². The first-order valence-electron chi connectivity index (χ1n) is 4.61. The molecule has 0 spiro atoms. The van der Waals surface area contributed by atoms with Crippen LogP contribution in [-0.4, -0.2) is 9.97 Å². The predicted molar refractivity (Wildman–Crippen MR) is 62.5 cm³/mol. The van der Waals surface area contributed by atoms with E-state index in [1.165, 1.54) is 17.4 Å². The Balaban J connectivity index is 2.61. The number of aromatic amines is 1. The van der Waals surface area contributed by atoms with Crippen molar-refractivity contribution in [1.29, 1.82) is 0 Å². The third-order valence-corrected chi connectivity index (χ3v) is 3.22. The summed E-state index contributed by atoms with van der Waals surface area (Å²) in [5.41, 5.74) is 1.06. The molecule has 0 atom stereocenters. The average Bonchev–Trinajstić information content (AvgIpc) is 2.62. The number of hydrogen-bond acceptors (Lipinski definition) is 3. The number of thiophene rings is 1. The van der Waals surface area contributed by atoms with Crippen LogP contribution in [0, 0.1) is 11.6 Å². The Morgan fingerprint density at radius 2 is 2.12 bits per heavy atom. The molecule has 0 saturated carbocycles. The molecule has 0 aliphatic heterocycles. The quantitative estimate of drug-likeness (QED) is 0.791. The Morgan fingerprint density at radius 1 is 1.41 bits per heavy atom. The standard InChI is InChI=1S/C10H7F3N2S2/c1-5-6(2-3-17-5)7-4-8(16)15-9(14-7)10(11,12)13/h2-4H,1H3,(H,14,15,16). The van der Waals surface area contributed by atoms with Crippen molar-refractivity contribution in [3.05, 3.63) is 32.9 Å². The summed E-state index contributed by atoms with van der Waals surface area (Å²) >= 11 is 6.21. The van der Waals surface area contributed by atoms with Crippen LogP contribution in [0.4, 0.5) is 13.2 Å². The van der Waals surface area contributed by atoms with E-state index in [-0.39, 0.29) is 4.64 Å². The minimum absolute atomic E-state index is 0.0725. The topological polar surface area (TPSA) is 28.7 Å². The highest BCUT2D eigenvalue weighted by Gasteiger charge is 2.34. The van der Waals surface area contributed by atoms with Gasteiger partial charge in [0.25, 0.3) is 0 Å². The van der Waals surface area contributed by atoms with Crippen molar-refractivity contribution < 1.29 is 13.2 Å². The summed E-state index contributed by atoms with van der Waals surface area (Å²) in [6.45, 7) is 1.84. The molecule has 2 rings (SSSR count). The van der Waals surface area contributed by atoms with Crippen LogP contribution < -0.4 is 0 Å². The summed E-state index contributed by atoms with van der Waals surface area (Å²) in [6, 6.07) is 3.18. The summed E-state index contributed by atoms with van der Waals surface area (Å²) in [6.07, 6.45) is -4.52. The molecule has 2 aromatic heterocycles. The normalized spacial score (nSPS) is 11.8. The van der Waals surface area contributed by atoms with Crippen molar-refractivity contribution in [2.45, 2.75) is 13.1 Å². The summed E-state index contributed by atoms with van der Waals surface area (Å²) in [5, 5.41) is 1.81. The molecule has 0 unspecified atom stereocenters. The van der Waals surface area contributed by atoms with Crippen LogP contribution in [0.1, 0.15) is 10.7 Å². The smallest absolute Gasteiger partial charge is 0.335 e. The van der Waals surface area contributed by atoms with Gasteiger partial charge in [0, 0.05) is 10.4 Å². The second-order valence-electron chi connectivity index (χ2n) is 3.37. The van der Waals surface area contributed by atoms with Gasteiger partial charge in [-0.1, -0.05) is 12.2 Å². The van der Waals surface area contributed by atoms with Crippen LogP contribution in [-0.2, 0) is 6.18 Å². The van der Waals surface area contributed by atoms with E-state index in [4.69, 9.17) is 12.2 Å². The average molecular weight is 276 g/mol. The number of hydrogen-bond donors (Lipinski definition) is 1. The molecular formula is C10H7F3N2S2. The van der Waals surface area contributed by atoms with E-state index in [1.54, 1.807) is 6.07 Å². The van der Waals surface area contributed by atoms with Crippen LogP contribution in [0.5, 0.6) is 0 Å². The van der Waals surface area contributed by atoms with E-state index in [2.05, 4.69) is 9.97 Å². The van der Waals surface area contributed by atoms with E-state index in [1.807, 2.05) is 12.3 Å². The largest absolute Gasteiger partial charge is 0.449 e. The number of rotatable bonds is 1. The second-order valence-corrected chi connectivity index (χ2v) is 4.91. The number of alkyl halides is 3. The minimum atomic E-state index is -4.52. The van der Waals surface area contributed by atoms with Crippen LogP contribution in [0.3, 0.4) is 0 Å². The molecule has 0 aliphatic carbocycles. The third-order valence-electron chi connectivity index (χ3n) is 2.16. The lowest BCUT2D eigenvalue weighted by atomic mass is 10.2. The highest BCUT2D eigenvalue weighted by Crippen LogP contribution is 2.30. The summed E-state index contributed by atoms with van der Waals surface area (Å²) in [7, 11) is 0. The second kappa shape index (κ2) is 4.23. The van der Waals surface area contributed by atoms with Crippen molar-refractivity contribution in [2.24, 2.45) is 0 Å². The SMILES string of the molecule is Cc1sccc1-c1cc(=S)nc(C(F)(F)F)[nH]1. The van der Waals surface area contributed by atoms with Gasteiger partial charge in [0.1, 0.15) is 4.64 Å². The zero-order valence-electron chi connectivity index (χ0n) is 8.63. The Hall–Kier alpha value is -1.21. The van der Waals surface area contributed by atoms with Crippen molar-refractivity contribution in [2.75, 3.05) is 0 Å². The van der Waals surface area contributed by atoms with Gasteiger partial charge in [0.2, 0.25) is 5.82 Å². The first-order valence-corrected chi connectivity index (χ1v) is 5.90. The monoisotopic (exact) mass is 276 g/mol. The Kier molecular flexibility index (Phi) is 3.05. The van der Waals surface area contributed by atoms with Crippen LogP contribution >= 0.6 is 23.6 Å². The molecule has 0 amide bonds. The maximum absolute atomic E-state index is 12.6. The molecule has 2 aromatic rings. The summed E-state index contributed by atoms with van der Waals surface area (Å²) in [4.78, 5) is 6.48. The van der Waals surface area contributed by atoms with Crippen molar-refractivity contribution in [1.82, 2.24) is 9.97 Å². The van der Waals surface area contributed by atoms with Gasteiger partial charge < -0.3 is 4.98 Å². The number of aryl methyl sites for hydroxylation is 1. The van der Waals surface area contributed by atoms with Gasteiger partial charge in [-0.2, -0.15) is 13.2 Å². The summed E-state index contributed by atoms with van der Waals surface area (Å²) in [5.74, 6) is -1.06. The fourth-order valence-electron chi connectivity index (χ4n) is 1.40. The Labute approximate surface area is 104 Å². The Bertz CT molecular complexity index is 598. The molecule has 90 valence electrons. The highest BCUT2D eigenvalue weighted by atomic mass is 32.1. The maximum atomic E-state index is 12.6. The molecule has 0 saturated heterocycles. The van der Waals surface area contributed by atoms with Crippen molar-refractivity contribution in [3.63, 3.8) is 0 Å². The lowest BCUT2D eigenvalue weighted by molar-refractivity contribution is -0.144. The molecule has 0 radical (unpaired) electrons. The van der Waals surface area contributed by atoms with Crippen LogP contribution in [0.25, 0.3) is 11.3 Å². The lowest BCUT2D eigenvalue weighted by Gasteiger charge is -2.08. The number of nitrogens with one attached hydrogen (secondary N) is 1. The molecule has 2 nitrogen and oxygen atoms in total. The zero-order valence-corrected chi connectivity index (χ0v) is 10.3. The first kappa shape index (κ1) is 12.3. The fraction of sp³-hybridized carbons (Fsp3) is 0.200. The number of H-pyrrole nitrogens is 1. The molecule has 0 fully saturated rings. The highest BCUT2D eigenvalue weighted by molar-refractivity contribution is 7.71. The van der Waals surface area contributed by atoms with E-state index in [9.17, 15) is 13.2 Å². The van der Waals surface area contributed by atoms with E-state index < -0.39 is 12.0 Å². The number of halogens is 3. The molecule has 2 heterocycles. The fourth-order valence-corrected chi connectivity index (χ4v) is 2.32. The van der Waals surface area contributed by atoms with Gasteiger partial charge in [-0.05, 0) is 24.4 Å². The van der Waals surface area contributed by atoms with Gasteiger partial charge in [-0.15, -0.1) is 11.3 Å². The maximum Gasteiger partial charge on any atom is 0.449 e. The number of nitrogens with zero attached hydrogens (tertiary/aromatic N) is 1. The number of aromatic nitrogens is 2.